The summed E-state index contributed by atoms with van der Waals surface area (Å²) in [5, 5.41) is 3.76. The van der Waals surface area contributed by atoms with Gasteiger partial charge in [-0.3, -0.25) is 4.98 Å². The monoisotopic (exact) mass is 410 g/mol. The molecule has 1 N–H and O–H groups in total. The summed E-state index contributed by atoms with van der Waals surface area (Å²) in [6.07, 6.45) is 3.32. The molecule has 1 aromatic carbocycles. The fraction of sp³-hybridized carbons (Fsp3) is 0.286. The Morgan fingerprint density at radius 3 is 2.55 bits per heavy atom. The summed E-state index contributed by atoms with van der Waals surface area (Å²) in [4.78, 5) is 13.1. The number of nitrogens with zero attached hydrogens (tertiary/aromatic N) is 3. The van der Waals surface area contributed by atoms with Gasteiger partial charge < -0.3 is 19.4 Å². The Labute approximate surface area is 169 Å². The van der Waals surface area contributed by atoms with Crippen molar-refractivity contribution in [2.75, 3.05) is 31.9 Å². The molecule has 0 spiro atoms. The molecule has 150 valence electrons. The third-order valence-electron chi connectivity index (χ3n) is 4.57. The van der Waals surface area contributed by atoms with E-state index >= 15 is 0 Å². The lowest BCUT2D eigenvalue weighted by Gasteiger charge is -2.27. The number of aromatic nitrogens is 3. The Morgan fingerprint density at radius 2 is 1.93 bits per heavy atom. The molecule has 0 bridgehead atoms. The molecule has 0 atom stereocenters. The average Bonchev–Trinajstić information content (AvgIpc) is 2.69. The number of nitrogens with one attached hydrogen (secondary N) is 1. The van der Waals surface area contributed by atoms with Crippen molar-refractivity contribution in [3.8, 4) is 17.1 Å². The Bertz CT molecular complexity index is 1020. The summed E-state index contributed by atoms with van der Waals surface area (Å²) in [5.41, 5.74) is 3.09. The van der Waals surface area contributed by atoms with Crippen LogP contribution in [-0.4, -0.2) is 47.6 Å². The summed E-state index contributed by atoms with van der Waals surface area (Å²) >= 11 is 0. The molecule has 0 aliphatic carbocycles. The lowest BCUT2D eigenvalue weighted by molar-refractivity contribution is -0.0808. The maximum Gasteiger partial charge on any atom is 0.229 e. The number of pyridine rings is 1. The summed E-state index contributed by atoms with van der Waals surface area (Å²) in [6.45, 7) is 4.97. The Morgan fingerprint density at radius 1 is 1.14 bits per heavy atom. The Hall–Kier alpha value is -2.76. The van der Waals surface area contributed by atoms with Crippen LogP contribution in [0.25, 0.3) is 11.3 Å². The van der Waals surface area contributed by atoms with Gasteiger partial charge in [0.15, 0.2) is 0 Å². The van der Waals surface area contributed by atoms with Crippen LogP contribution in [0.2, 0.25) is 0 Å². The van der Waals surface area contributed by atoms with Gasteiger partial charge in [-0.2, -0.15) is 4.98 Å². The zero-order chi connectivity index (χ0) is 20.3. The van der Waals surface area contributed by atoms with E-state index in [1.807, 2.05) is 42.5 Å². The predicted octanol–water partition coefficient (Wildman–Crippen LogP) is 3.18. The van der Waals surface area contributed by atoms with Gasteiger partial charge >= 0.3 is 0 Å². The summed E-state index contributed by atoms with van der Waals surface area (Å²) < 4.78 is 23.6. The van der Waals surface area contributed by atoms with Gasteiger partial charge in [-0.1, -0.05) is 30.3 Å². The van der Waals surface area contributed by atoms with Crippen LogP contribution in [-0.2, 0) is 15.8 Å². The van der Waals surface area contributed by atoms with Gasteiger partial charge in [0.25, 0.3) is 0 Å². The van der Waals surface area contributed by atoms with E-state index in [2.05, 4.69) is 20.3 Å². The van der Waals surface area contributed by atoms with E-state index in [1.165, 1.54) is 0 Å². The van der Waals surface area contributed by atoms with Gasteiger partial charge in [-0.25, -0.2) is 4.98 Å². The normalized spacial score (nSPS) is 14.3. The lowest BCUT2D eigenvalue weighted by atomic mass is 10.1. The quantitative estimate of drug-likeness (QED) is 0.599. The number of ether oxygens (including phenoxy) is 2. The van der Waals surface area contributed by atoms with Crippen LogP contribution in [0.3, 0.4) is 0 Å². The van der Waals surface area contributed by atoms with Crippen molar-refractivity contribution in [2.24, 2.45) is 0 Å². The highest BCUT2D eigenvalue weighted by Gasteiger charge is 2.26. The van der Waals surface area contributed by atoms with Gasteiger partial charge in [0.2, 0.25) is 11.8 Å². The maximum atomic E-state index is 12.5. The van der Waals surface area contributed by atoms with Gasteiger partial charge in [0.1, 0.15) is 13.2 Å². The number of rotatable bonds is 7. The molecule has 0 radical (unpaired) electrons. The van der Waals surface area contributed by atoms with Gasteiger partial charge in [0, 0.05) is 24.5 Å². The summed E-state index contributed by atoms with van der Waals surface area (Å²) in [6, 6.07) is 14.0. The molecule has 0 unspecified atom stereocenters. The number of hydrogen-bond acceptors (Lipinski definition) is 7. The SMILES string of the molecule is CP(C)(=O)c1cnc(NCc2ccc(-c3ccccn3)cc2)nc1OC1COC1. The van der Waals surface area contributed by atoms with Crippen molar-refractivity contribution >= 4 is 18.4 Å². The van der Waals surface area contributed by atoms with Crippen molar-refractivity contribution in [1.29, 1.82) is 0 Å². The van der Waals surface area contributed by atoms with Gasteiger partial charge in [-0.15, -0.1) is 0 Å². The second-order valence-electron chi connectivity index (χ2n) is 7.28. The van der Waals surface area contributed by atoms with Crippen molar-refractivity contribution < 1.29 is 14.0 Å². The smallest absolute Gasteiger partial charge is 0.229 e. The first kappa shape index (κ1) is 19.6. The molecule has 2 aromatic heterocycles. The van der Waals surface area contributed by atoms with Crippen LogP contribution < -0.4 is 15.4 Å². The molecular formula is C21H23N4O3P. The van der Waals surface area contributed by atoms with E-state index in [0.29, 0.717) is 36.9 Å². The first-order valence-electron chi connectivity index (χ1n) is 9.40. The van der Waals surface area contributed by atoms with Crippen LogP contribution in [0.15, 0.2) is 54.9 Å². The molecule has 1 aliphatic rings. The van der Waals surface area contributed by atoms with Crippen molar-refractivity contribution in [3.63, 3.8) is 0 Å². The molecule has 4 rings (SSSR count). The topological polar surface area (TPSA) is 86.2 Å². The standard InChI is InChI=1S/C21H23N4O3P/c1-29(2,26)19-12-24-21(25-20(19)28-17-13-27-14-17)23-11-15-6-8-16(9-7-15)18-5-3-4-10-22-18/h3-10,12,17H,11,13-14H2,1-2H3,(H,23,24,25). The third kappa shape index (κ3) is 4.81. The molecule has 29 heavy (non-hydrogen) atoms. The van der Waals surface area contributed by atoms with E-state index in [9.17, 15) is 4.57 Å². The first-order chi connectivity index (χ1) is 14.0. The number of anilines is 1. The highest BCUT2D eigenvalue weighted by Crippen LogP contribution is 2.38. The molecular weight excluding hydrogens is 387 g/mol. The zero-order valence-corrected chi connectivity index (χ0v) is 17.3. The van der Waals surface area contributed by atoms with Crippen LogP contribution in [0.5, 0.6) is 5.88 Å². The fourth-order valence-electron chi connectivity index (χ4n) is 2.85. The van der Waals surface area contributed by atoms with Gasteiger partial charge in [0.05, 0.1) is 24.2 Å². The minimum atomic E-state index is -2.55. The first-order valence-corrected chi connectivity index (χ1v) is 12.0. The molecule has 3 aromatic rings. The van der Waals surface area contributed by atoms with Crippen LogP contribution in [0, 0.1) is 0 Å². The Kier molecular flexibility index (Phi) is 5.60. The third-order valence-corrected chi connectivity index (χ3v) is 6.03. The minimum absolute atomic E-state index is 0.0535. The molecule has 1 saturated heterocycles. The molecule has 8 heteroatoms. The van der Waals surface area contributed by atoms with Crippen molar-refractivity contribution in [1.82, 2.24) is 15.0 Å². The molecule has 0 saturated carbocycles. The highest BCUT2D eigenvalue weighted by molar-refractivity contribution is 7.70. The average molecular weight is 410 g/mol. The second-order valence-corrected chi connectivity index (χ2v) is 10.5. The van der Waals surface area contributed by atoms with E-state index in [-0.39, 0.29) is 6.10 Å². The number of hydrogen-bond donors (Lipinski definition) is 1. The molecule has 3 heterocycles. The van der Waals surface area contributed by atoms with E-state index < -0.39 is 7.14 Å². The second kappa shape index (κ2) is 8.31. The highest BCUT2D eigenvalue weighted by atomic mass is 31.2. The minimum Gasteiger partial charge on any atom is -0.469 e. The lowest BCUT2D eigenvalue weighted by Crippen LogP contribution is -2.40. The van der Waals surface area contributed by atoms with Crippen LogP contribution in [0.4, 0.5) is 5.95 Å². The van der Waals surface area contributed by atoms with E-state index in [1.54, 1.807) is 25.7 Å². The zero-order valence-electron chi connectivity index (χ0n) is 16.4. The van der Waals surface area contributed by atoms with Crippen LogP contribution >= 0.6 is 7.14 Å². The number of benzene rings is 1. The largest absolute Gasteiger partial charge is 0.469 e. The van der Waals surface area contributed by atoms with E-state index in [0.717, 1.165) is 16.8 Å². The van der Waals surface area contributed by atoms with E-state index in [4.69, 9.17) is 9.47 Å². The predicted molar refractivity (Wildman–Crippen MR) is 113 cm³/mol. The molecule has 0 amide bonds. The van der Waals surface area contributed by atoms with Crippen molar-refractivity contribution in [2.45, 2.75) is 12.6 Å². The van der Waals surface area contributed by atoms with Crippen molar-refractivity contribution in [3.05, 3.63) is 60.4 Å². The maximum absolute atomic E-state index is 12.5. The Balaban J connectivity index is 1.46. The molecule has 1 fully saturated rings. The van der Waals surface area contributed by atoms with Crippen LogP contribution in [0.1, 0.15) is 5.56 Å². The fourth-order valence-corrected chi connectivity index (χ4v) is 3.75. The summed E-state index contributed by atoms with van der Waals surface area (Å²) in [7, 11) is -2.55. The molecule has 7 nitrogen and oxygen atoms in total. The molecule has 1 aliphatic heterocycles. The van der Waals surface area contributed by atoms with Gasteiger partial charge in [-0.05, 0) is 31.0 Å². The summed E-state index contributed by atoms with van der Waals surface area (Å²) in [5.74, 6) is 0.806.